The molecule has 3 aromatic heterocycles. The van der Waals surface area contributed by atoms with E-state index >= 15 is 0 Å². The van der Waals surface area contributed by atoms with Gasteiger partial charge in [-0.25, -0.2) is 9.37 Å². The molecule has 9 rings (SSSR count). The zero-order valence-electron chi connectivity index (χ0n) is 29.8. The van der Waals surface area contributed by atoms with E-state index in [0.29, 0.717) is 23.7 Å². The van der Waals surface area contributed by atoms with Crippen LogP contribution in [0.1, 0.15) is 83.5 Å². The van der Waals surface area contributed by atoms with E-state index in [1.807, 2.05) is 30.5 Å². The molecular formula is C38H42FN11O3. The number of benzene rings is 1. The summed E-state index contributed by atoms with van der Waals surface area (Å²) in [5.41, 5.74) is 6.85. The number of rotatable bonds is 11. The Morgan fingerprint density at radius 3 is 2.47 bits per heavy atom. The van der Waals surface area contributed by atoms with Crippen LogP contribution in [-0.4, -0.2) is 97.9 Å². The predicted molar refractivity (Wildman–Crippen MR) is 196 cm³/mol. The number of hydrogen-bond donors (Lipinski definition) is 3. The number of halogens is 1. The maximum Gasteiger partial charge on any atom is 0.274 e. The molecule has 1 aromatic carbocycles. The van der Waals surface area contributed by atoms with Gasteiger partial charge in [-0.15, -0.1) is 10.2 Å². The third kappa shape index (κ3) is 6.36. The number of aromatic nitrogens is 5. The lowest BCUT2D eigenvalue weighted by atomic mass is 9.91. The van der Waals surface area contributed by atoms with Crippen LogP contribution in [0.2, 0.25) is 0 Å². The van der Waals surface area contributed by atoms with Crippen LogP contribution < -0.4 is 20.9 Å². The van der Waals surface area contributed by atoms with Crippen molar-refractivity contribution in [3.63, 3.8) is 0 Å². The Morgan fingerprint density at radius 1 is 0.943 bits per heavy atom. The van der Waals surface area contributed by atoms with E-state index in [1.165, 1.54) is 4.90 Å². The van der Waals surface area contributed by atoms with Crippen LogP contribution in [-0.2, 0) is 11.3 Å². The van der Waals surface area contributed by atoms with Crippen molar-refractivity contribution in [2.75, 3.05) is 48.8 Å². The van der Waals surface area contributed by atoms with E-state index < -0.39 is 6.17 Å². The van der Waals surface area contributed by atoms with Gasteiger partial charge in [0.05, 0.1) is 59.8 Å². The Kier molecular flexibility index (Phi) is 8.32. The van der Waals surface area contributed by atoms with Gasteiger partial charge in [-0.2, -0.15) is 5.10 Å². The number of anilines is 4. The topological polar surface area (TPSA) is 154 Å². The summed E-state index contributed by atoms with van der Waals surface area (Å²) in [4.78, 5) is 49.2. The number of hydrogen-bond acceptors (Lipinski definition) is 10. The summed E-state index contributed by atoms with van der Waals surface area (Å²) < 4.78 is 15.5. The fraction of sp³-hybridized carbons (Fsp3) is 0.447. The van der Waals surface area contributed by atoms with Gasteiger partial charge in [0, 0.05) is 55.8 Å². The van der Waals surface area contributed by atoms with E-state index in [9.17, 15) is 18.8 Å². The number of amides is 3. The molecule has 0 radical (unpaired) electrons. The lowest BCUT2D eigenvalue weighted by molar-refractivity contribution is -0.117. The minimum Gasteiger partial charge on any atom is -0.364 e. The van der Waals surface area contributed by atoms with E-state index in [1.54, 1.807) is 12.1 Å². The van der Waals surface area contributed by atoms with Gasteiger partial charge >= 0.3 is 0 Å². The van der Waals surface area contributed by atoms with Crippen LogP contribution in [0.3, 0.4) is 0 Å². The third-order valence-electron chi connectivity index (χ3n) is 10.9. The quantitative estimate of drug-likeness (QED) is 0.202. The second-order valence-corrected chi connectivity index (χ2v) is 14.9. The van der Waals surface area contributed by atoms with Gasteiger partial charge in [0.2, 0.25) is 5.91 Å². The summed E-state index contributed by atoms with van der Waals surface area (Å²) in [6.07, 6.45) is 5.47. The van der Waals surface area contributed by atoms with Crippen molar-refractivity contribution in [3.05, 3.63) is 71.4 Å². The van der Waals surface area contributed by atoms with Crippen molar-refractivity contribution in [1.82, 2.24) is 40.1 Å². The first-order valence-corrected chi connectivity index (χ1v) is 18.6. The molecule has 3 N–H and O–H groups in total. The molecule has 53 heavy (non-hydrogen) atoms. The van der Waals surface area contributed by atoms with E-state index in [0.717, 1.165) is 79.1 Å². The van der Waals surface area contributed by atoms with Gasteiger partial charge < -0.3 is 25.8 Å². The molecule has 3 aliphatic heterocycles. The predicted octanol–water partition coefficient (Wildman–Crippen LogP) is 4.47. The molecule has 0 unspecified atom stereocenters. The van der Waals surface area contributed by atoms with Gasteiger partial charge in [-0.05, 0) is 50.3 Å². The molecule has 1 atom stereocenters. The highest BCUT2D eigenvalue weighted by Crippen LogP contribution is 2.50. The molecule has 2 aliphatic carbocycles. The van der Waals surface area contributed by atoms with E-state index in [-0.39, 0.29) is 60.5 Å². The maximum atomic E-state index is 13.3. The summed E-state index contributed by atoms with van der Waals surface area (Å²) in [7, 11) is 2.09. The van der Waals surface area contributed by atoms with Crippen molar-refractivity contribution in [2.24, 2.45) is 5.92 Å². The van der Waals surface area contributed by atoms with E-state index in [4.69, 9.17) is 5.10 Å². The molecule has 6 heterocycles. The lowest BCUT2D eigenvalue weighted by Crippen LogP contribution is -2.51. The van der Waals surface area contributed by atoms with Crippen LogP contribution in [0.5, 0.6) is 0 Å². The van der Waals surface area contributed by atoms with Gasteiger partial charge in [-0.3, -0.25) is 24.0 Å². The minimum absolute atomic E-state index is 0.000405. The Labute approximate surface area is 306 Å². The second-order valence-electron chi connectivity index (χ2n) is 14.9. The summed E-state index contributed by atoms with van der Waals surface area (Å²) in [5, 5.41) is 22.8. The molecular weight excluding hydrogens is 677 g/mol. The first-order valence-electron chi connectivity index (χ1n) is 18.6. The molecule has 274 valence electrons. The van der Waals surface area contributed by atoms with Gasteiger partial charge in [0.1, 0.15) is 11.9 Å². The Morgan fingerprint density at radius 2 is 1.74 bits per heavy atom. The van der Waals surface area contributed by atoms with Gasteiger partial charge in [-0.1, -0.05) is 25.1 Å². The number of nitrogens with zero attached hydrogens (tertiary/aromatic N) is 8. The molecule has 2 saturated heterocycles. The fourth-order valence-corrected chi connectivity index (χ4v) is 7.66. The van der Waals surface area contributed by atoms with Crippen LogP contribution in [0.25, 0.3) is 11.1 Å². The number of nitrogens with one attached hydrogen (secondary N) is 3. The van der Waals surface area contributed by atoms with Crippen LogP contribution in [0, 0.1) is 5.92 Å². The number of fused-ring (bicyclic) bond motifs is 3. The van der Waals surface area contributed by atoms with Crippen molar-refractivity contribution in [3.8, 4) is 11.1 Å². The van der Waals surface area contributed by atoms with Crippen molar-refractivity contribution in [2.45, 2.75) is 69.9 Å². The molecule has 4 aromatic rings. The maximum absolute atomic E-state index is 13.3. The largest absolute Gasteiger partial charge is 0.364 e. The van der Waals surface area contributed by atoms with Crippen molar-refractivity contribution < 1.29 is 18.8 Å². The molecule has 15 heteroatoms. The molecule has 4 fully saturated rings. The smallest absolute Gasteiger partial charge is 0.274 e. The van der Waals surface area contributed by atoms with Crippen molar-refractivity contribution >= 4 is 40.6 Å². The fourth-order valence-electron chi connectivity index (χ4n) is 7.66. The monoisotopic (exact) mass is 719 g/mol. The Bertz CT molecular complexity index is 2100. The average Bonchev–Trinajstić information content (AvgIpc) is 4.07. The first kappa shape index (κ1) is 33.4. The molecule has 0 bridgehead atoms. The number of alkyl halides is 1. The zero-order chi connectivity index (χ0) is 36.4. The van der Waals surface area contributed by atoms with Crippen LogP contribution in [0.4, 0.5) is 27.3 Å². The standard InChI is InChI=1S/C38H42FN11O3/c1-3-31-35-27(15-40-50(35)25-19-48(20-25)18-24-6-4-9-29(41-24)38(53)49-16-22(39)17-49)26-7-5-8-28(34(26)47(31)2)43-30-14-32(44-36(51)21-10-11-21)45-46-33(30)37(52)42-23-12-13-23/h4-9,14-15,21-23,25,31H,3,10-13,16-20H2,1-2H3,(H,42,52)(H2,43,44,45,51)/t31-/m1/s1. The normalized spacial score (nSPS) is 19.9. The summed E-state index contributed by atoms with van der Waals surface area (Å²) in [6.45, 7) is 4.63. The number of pyridine rings is 1. The Balaban J connectivity index is 0.956. The summed E-state index contributed by atoms with van der Waals surface area (Å²) >= 11 is 0. The van der Waals surface area contributed by atoms with E-state index in [2.05, 4.69) is 65.7 Å². The lowest BCUT2D eigenvalue weighted by Gasteiger charge is -2.43. The Hall–Kier alpha value is -5.44. The van der Waals surface area contributed by atoms with Gasteiger partial charge in [0.15, 0.2) is 11.5 Å². The SMILES string of the molecule is CC[C@@H]1c2c(cnn2C2CN(Cc3cccc(C(=O)N4CC(F)C4)n3)C2)-c2cccc(Nc3cc(NC(=O)C4CC4)nnc3C(=O)NC3CC3)c2N1C. The van der Waals surface area contributed by atoms with Crippen LogP contribution in [0.15, 0.2) is 48.7 Å². The number of para-hydroxylation sites is 1. The van der Waals surface area contributed by atoms with Crippen LogP contribution >= 0.6 is 0 Å². The molecule has 0 spiro atoms. The molecule has 3 amide bonds. The highest BCUT2D eigenvalue weighted by molar-refractivity contribution is 6.01. The number of likely N-dealkylation sites (tertiary alicyclic amines) is 2. The first-order chi connectivity index (χ1) is 25.7. The second kappa shape index (κ2) is 13.2. The molecule has 14 nitrogen and oxygen atoms in total. The van der Waals surface area contributed by atoms with Gasteiger partial charge in [0.25, 0.3) is 11.8 Å². The highest BCUT2D eigenvalue weighted by Gasteiger charge is 2.39. The third-order valence-corrected chi connectivity index (χ3v) is 10.9. The minimum atomic E-state index is -0.947. The molecule has 5 aliphatic rings. The average molecular weight is 720 g/mol. The van der Waals surface area contributed by atoms with Crippen molar-refractivity contribution in [1.29, 1.82) is 0 Å². The summed E-state index contributed by atoms with van der Waals surface area (Å²) in [5.74, 6) is -0.307. The molecule has 2 saturated carbocycles. The summed E-state index contributed by atoms with van der Waals surface area (Å²) in [6, 6.07) is 13.6. The number of carbonyl (C=O) groups excluding carboxylic acids is 3. The zero-order valence-corrected chi connectivity index (χ0v) is 29.8. The number of carbonyl (C=O) groups is 3. The highest BCUT2D eigenvalue weighted by atomic mass is 19.1.